The minimum absolute atomic E-state index is 0.179. The summed E-state index contributed by atoms with van der Waals surface area (Å²) in [6.45, 7) is 4.06. The molecule has 6 heteroatoms. The summed E-state index contributed by atoms with van der Waals surface area (Å²) in [7, 11) is 3.78. The normalized spacial score (nSPS) is 15.1. The summed E-state index contributed by atoms with van der Waals surface area (Å²) in [5.41, 5.74) is 2.29. The van der Waals surface area contributed by atoms with Crippen molar-refractivity contribution in [3.05, 3.63) is 53.1 Å². The number of quaternary nitrogens is 1. The summed E-state index contributed by atoms with van der Waals surface area (Å²) >= 11 is 6.16. The lowest BCUT2D eigenvalue weighted by atomic mass is 10.1. The number of rotatable bonds is 4. The van der Waals surface area contributed by atoms with E-state index in [1.807, 2.05) is 18.2 Å². The third kappa shape index (κ3) is 4.24. The lowest BCUT2D eigenvalue weighted by Crippen LogP contribution is -3.12. The molecule has 1 amide bonds. The van der Waals surface area contributed by atoms with E-state index < -0.39 is 0 Å². The largest absolute Gasteiger partial charge is 0.497 e. The van der Waals surface area contributed by atoms with Crippen LogP contribution in [-0.2, 0) is 0 Å². The summed E-state index contributed by atoms with van der Waals surface area (Å²) < 4.78 is 5.19. The van der Waals surface area contributed by atoms with E-state index in [9.17, 15) is 4.79 Å². The maximum absolute atomic E-state index is 12.6. The van der Waals surface area contributed by atoms with Crippen LogP contribution in [0.1, 0.15) is 10.4 Å². The summed E-state index contributed by atoms with van der Waals surface area (Å²) in [4.78, 5) is 16.5. The van der Waals surface area contributed by atoms with Crippen LogP contribution in [0.25, 0.3) is 0 Å². The molecule has 0 aliphatic carbocycles. The van der Waals surface area contributed by atoms with Crippen molar-refractivity contribution in [1.29, 1.82) is 0 Å². The number of nitrogens with zero attached hydrogens (tertiary/aromatic N) is 1. The molecule has 3 rings (SSSR count). The number of anilines is 2. The van der Waals surface area contributed by atoms with Crippen molar-refractivity contribution >= 4 is 28.9 Å². The Balaban J connectivity index is 1.83. The van der Waals surface area contributed by atoms with E-state index >= 15 is 0 Å². The minimum atomic E-state index is -0.179. The van der Waals surface area contributed by atoms with Crippen LogP contribution < -0.4 is 19.9 Å². The highest BCUT2D eigenvalue weighted by Gasteiger charge is 2.20. The fourth-order valence-corrected chi connectivity index (χ4v) is 3.14. The first-order valence-corrected chi connectivity index (χ1v) is 8.76. The van der Waals surface area contributed by atoms with E-state index in [4.69, 9.17) is 16.3 Å². The molecule has 2 aromatic carbocycles. The van der Waals surface area contributed by atoms with Crippen LogP contribution in [0.15, 0.2) is 42.5 Å². The maximum atomic E-state index is 12.6. The van der Waals surface area contributed by atoms with E-state index in [1.165, 1.54) is 4.90 Å². The topological polar surface area (TPSA) is 46.0 Å². The third-order valence-electron chi connectivity index (χ3n) is 4.50. The van der Waals surface area contributed by atoms with Crippen molar-refractivity contribution in [2.75, 3.05) is 50.6 Å². The number of piperazine rings is 1. The van der Waals surface area contributed by atoms with Gasteiger partial charge in [-0.25, -0.2) is 0 Å². The average molecular weight is 361 g/mol. The lowest BCUT2D eigenvalue weighted by Gasteiger charge is -2.33. The average Bonchev–Trinajstić information content (AvgIpc) is 2.63. The van der Waals surface area contributed by atoms with E-state index in [0.29, 0.717) is 16.3 Å². The monoisotopic (exact) mass is 360 g/mol. The van der Waals surface area contributed by atoms with Gasteiger partial charge in [-0.3, -0.25) is 4.79 Å². The Kier molecular flexibility index (Phi) is 5.46. The highest BCUT2D eigenvalue weighted by atomic mass is 35.5. The molecule has 0 atom stereocenters. The number of amides is 1. The molecule has 5 nitrogen and oxygen atoms in total. The number of benzene rings is 2. The highest BCUT2D eigenvalue weighted by Crippen LogP contribution is 2.30. The van der Waals surface area contributed by atoms with Crippen LogP contribution in [0.5, 0.6) is 5.75 Å². The van der Waals surface area contributed by atoms with Crippen molar-refractivity contribution in [3.8, 4) is 5.75 Å². The first kappa shape index (κ1) is 17.6. The number of methoxy groups -OCH3 is 1. The number of ether oxygens (including phenoxy) is 1. The van der Waals surface area contributed by atoms with Crippen LogP contribution in [0, 0.1) is 0 Å². The fraction of sp³-hybridized carbons (Fsp3) is 0.316. The number of hydrogen-bond acceptors (Lipinski definition) is 3. The third-order valence-corrected chi connectivity index (χ3v) is 4.73. The molecular weight excluding hydrogens is 338 g/mol. The zero-order valence-corrected chi connectivity index (χ0v) is 15.3. The van der Waals surface area contributed by atoms with E-state index in [0.717, 1.165) is 37.6 Å². The van der Waals surface area contributed by atoms with Crippen molar-refractivity contribution < 1.29 is 14.4 Å². The van der Waals surface area contributed by atoms with Gasteiger partial charge in [0.15, 0.2) is 0 Å². The molecule has 25 heavy (non-hydrogen) atoms. The Morgan fingerprint density at radius 3 is 2.68 bits per heavy atom. The van der Waals surface area contributed by atoms with E-state index in [1.54, 1.807) is 31.4 Å². The zero-order chi connectivity index (χ0) is 17.8. The number of hydrogen-bond donors (Lipinski definition) is 2. The molecule has 1 heterocycles. The Morgan fingerprint density at radius 2 is 1.96 bits per heavy atom. The van der Waals surface area contributed by atoms with E-state index in [-0.39, 0.29) is 5.91 Å². The van der Waals surface area contributed by atoms with Gasteiger partial charge in [0.2, 0.25) is 0 Å². The van der Waals surface area contributed by atoms with Gasteiger partial charge in [-0.05, 0) is 36.4 Å². The molecular formula is C19H23ClN3O2+. The maximum Gasteiger partial charge on any atom is 0.255 e. The molecule has 0 radical (unpaired) electrons. The van der Waals surface area contributed by atoms with Crippen molar-refractivity contribution in [3.63, 3.8) is 0 Å². The van der Waals surface area contributed by atoms with Gasteiger partial charge in [0, 0.05) is 10.6 Å². The zero-order valence-electron chi connectivity index (χ0n) is 14.5. The van der Waals surface area contributed by atoms with Crippen molar-refractivity contribution in [1.82, 2.24) is 0 Å². The van der Waals surface area contributed by atoms with Gasteiger partial charge in [0.25, 0.3) is 5.91 Å². The van der Waals surface area contributed by atoms with Gasteiger partial charge >= 0.3 is 0 Å². The number of carbonyl (C=O) groups is 1. The predicted molar refractivity (Wildman–Crippen MR) is 101 cm³/mol. The Morgan fingerprint density at radius 1 is 1.20 bits per heavy atom. The SMILES string of the molecule is COc1cccc(C(=O)Nc2cc(Cl)ccc2N2CC[NH+](C)CC2)c1. The Bertz CT molecular complexity index is 758. The lowest BCUT2D eigenvalue weighted by molar-refractivity contribution is -0.880. The second-order valence-electron chi connectivity index (χ2n) is 6.29. The molecule has 0 bridgehead atoms. The molecule has 1 fully saturated rings. The number of nitrogens with one attached hydrogen (secondary N) is 2. The molecule has 0 spiro atoms. The van der Waals surface area contributed by atoms with Gasteiger partial charge in [0.1, 0.15) is 5.75 Å². The molecule has 1 saturated heterocycles. The quantitative estimate of drug-likeness (QED) is 0.876. The second kappa shape index (κ2) is 7.76. The molecule has 0 aromatic heterocycles. The minimum Gasteiger partial charge on any atom is -0.497 e. The second-order valence-corrected chi connectivity index (χ2v) is 6.73. The molecule has 1 aliphatic heterocycles. The van der Waals surface area contributed by atoms with Crippen LogP contribution in [-0.4, -0.2) is 46.2 Å². The highest BCUT2D eigenvalue weighted by molar-refractivity contribution is 6.31. The summed E-state index contributed by atoms with van der Waals surface area (Å²) in [5, 5.41) is 3.60. The van der Waals surface area contributed by atoms with Crippen LogP contribution in [0.2, 0.25) is 5.02 Å². The van der Waals surface area contributed by atoms with Gasteiger partial charge in [-0.2, -0.15) is 0 Å². The van der Waals surface area contributed by atoms with Crippen LogP contribution in [0.3, 0.4) is 0 Å². The molecule has 132 valence electrons. The Hall–Kier alpha value is -2.24. The molecule has 1 aliphatic rings. The smallest absolute Gasteiger partial charge is 0.255 e. The summed E-state index contributed by atoms with van der Waals surface area (Å²) in [6.07, 6.45) is 0. The molecule has 0 unspecified atom stereocenters. The van der Waals surface area contributed by atoms with Crippen molar-refractivity contribution in [2.24, 2.45) is 0 Å². The molecule has 2 aromatic rings. The number of likely N-dealkylation sites (N-methyl/N-ethyl adjacent to an activating group) is 1. The Labute approximate surface area is 153 Å². The number of carbonyl (C=O) groups excluding carboxylic acids is 1. The predicted octanol–water partition coefficient (Wildman–Crippen LogP) is 1.94. The molecule has 2 N–H and O–H groups in total. The summed E-state index contributed by atoms with van der Waals surface area (Å²) in [5.74, 6) is 0.475. The first-order chi connectivity index (χ1) is 12.1. The van der Waals surface area contributed by atoms with Gasteiger partial charge < -0.3 is 19.9 Å². The van der Waals surface area contributed by atoms with E-state index in [2.05, 4.69) is 17.3 Å². The van der Waals surface area contributed by atoms with Gasteiger partial charge in [-0.1, -0.05) is 17.7 Å². The molecule has 0 saturated carbocycles. The fourth-order valence-electron chi connectivity index (χ4n) is 2.97. The standard InChI is InChI=1S/C19H22ClN3O2/c1-22-8-10-23(11-9-22)18-7-6-15(20)13-17(18)21-19(24)14-4-3-5-16(12-14)25-2/h3-7,12-13H,8-11H2,1-2H3,(H,21,24)/p+1. The summed E-state index contributed by atoms with van der Waals surface area (Å²) in [6, 6.07) is 12.7. The first-order valence-electron chi connectivity index (χ1n) is 8.38. The number of halogens is 1. The van der Waals surface area contributed by atoms with Crippen LogP contribution >= 0.6 is 11.6 Å². The van der Waals surface area contributed by atoms with Crippen LogP contribution in [0.4, 0.5) is 11.4 Å². The van der Waals surface area contributed by atoms with Crippen molar-refractivity contribution in [2.45, 2.75) is 0 Å². The van der Waals surface area contributed by atoms with Gasteiger partial charge in [-0.15, -0.1) is 0 Å². The van der Waals surface area contributed by atoms with Gasteiger partial charge in [0.05, 0.1) is 51.7 Å².